The molecular formula is C42H27NO. The zero-order chi connectivity index (χ0) is 29.0. The normalized spacial score (nSPS) is 11.6. The summed E-state index contributed by atoms with van der Waals surface area (Å²) in [5.74, 6) is 0. The van der Waals surface area contributed by atoms with E-state index in [4.69, 9.17) is 4.42 Å². The molecule has 44 heavy (non-hydrogen) atoms. The lowest BCUT2D eigenvalue weighted by Crippen LogP contribution is -2.11. The maximum absolute atomic E-state index is 6.62. The molecule has 2 nitrogen and oxygen atoms in total. The molecule has 0 aliphatic carbocycles. The van der Waals surface area contributed by atoms with Crippen molar-refractivity contribution in [2.75, 3.05) is 4.90 Å². The average molecular weight is 562 g/mol. The molecule has 9 aromatic rings. The first kappa shape index (κ1) is 24.7. The van der Waals surface area contributed by atoms with Gasteiger partial charge in [-0.1, -0.05) is 133 Å². The van der Waals surface area contributed by atoms with Crippen molar-refractivity contribution in [2.24, 2.45) is 0 Å². The Morgan fingerprint density at radius 3 is 1.86 bits per heavy atom. The zero-order valence-electron chi connectivity index (χ0n) is 23.9. The van der Waals surface area contributed by atoms with Crippen molar-refractivity contribution >= 4 is 71.3 Å². The fourth-order valence-corrected chi connectivity index (χ4v) is 6.79. The van der Waals surface area contributed by atoms with Gasteiger partial charge in [0.2, 0.25) is 0 Å². The minimum Gasteiger partial charge on any atom is -0.454 e. The first-order valence-corrected chi connectivity index (χ1v) is 15.0. The third-order valence-corrected chi connectivity index (χ3v) is 8.82. The van der Waals surface area contributed by atoms with Crippen molar-refractivity contribution in [3.8, 4) is 11.1 Å². The number of nitrogens with zero attached hydrogens (tertiary/aromatic N) is 1. The lowest BCUT2D eigenvalue weighted by Gasteiger charge is -2.28. The number of anilines is 3. The van der Waals surface area contributed by atoms with Crippen molar-refractivity contribution in [1.29, 1.82) is 0 Å². The molecule has 0 aliphatic heterocycles. The van der Waals surface area contributed by atoms with E-state index in [1.807, 2.05) is 6.07 Å². The van der Waals surface area contributed by atoms with E-state index in [0.29, 0.717) is 0 Å². The molecule has 0 saturated heterocycles. The van der Waals surface area contributed by atoms with Crippen LogP contribution in [0.1, 0.15) is 0 Å². The van der Waals surface area contributed by atoms with Crippen LogP contribution in [0.2, 0.25) is 0 Å². The summed E-state index contributed by atoms with van der Waals surface area (Å²) in [5.41, 5.74) is 7.36. The maximum Gasteiger partial charge on any atom is 0.159 e. The Labute approximate surface area is 255 Å². The van der Waals surface area contributed by atoms with E-state index in [1.54, 1.807) is 0 Å². The van der Waals surface area contributed by atoms with Crippen LogP contribution in [-0.2, 0) is 0 Å². The van der Waals surface area contributed by atoms with E-state index < -0.39 is 0 Å². The molecule has 0 N–H and O–H groups in total. The van der Waals surface area contributed by atoms with Crippen LogP contribution in [-0.4, -0.2) is 0 Å². The van der Waals surface area contributed by atoms with Gasteiger partial charge >= 0.3 is 0 Å². The summed E-state index contributed by atoms with van der Waals surface area (Å²) in [6, 6.07) is 58.5. The number of hydrogen-bond donors (Lipinski definition) is 0. The van der Waals surface area contributed by atoms with Crippen LogP contribution < -0.4 is 4.90 Å². The summed E-state index contributed by atoms with van der Waals surface area (Å²) >= 11 is 0. The Hall–Kier alpha value is -5.86. The second kappa shape index (κ2) is 9.86. The molecule has 0 amide bonds. The van der Waals surface area contributed by atoms with Crippen molar-refractivity contribution in [3.05, 3.63) is 164 Å². The molecule has 0 atom stereocenters. The fraction of sp³-hybridized carbons (Fsp3) is 0. The van der Waals surface area contributed by atoms with E-state index in [1.165, 1.54) is 43.4 Å². The highest BCUT2D eigenvalue weighted by atomic mass is 16.3. The molecule has 1 heterocycles. The number of para-hydroxylation sites is 2. The molecule has 0 fully saturated rings. The van der Waals surface area contributed by atoms with Gasteiger partial charge in [-0.2, -0.15) is 0 Å². The Morgan fingerprint density at radius 1 is 0.386 bits per heavy atom. The maximum atomic E-state index is 6.62. The Balaban J connectivity index is 1.36. The molecule has 1 aromatic heterocycles. The molecule has 8 aromatic carbocycles. The summed E-state index contributed by atoms with van der Waals surface area (Å²) in [5, 5.41) is 9.67. The second-order valence-electron chi connectivity index (χ2n) is 11.3. The van der Waals surface area contributed by atoms with Crippen LogP contribution >= 0.6 is 0 Å². The van der Waals surface area contributed by atoms with Crippen molar-refractivity contribution in [2.45, 2.75) is 0 Å². The van der Waals surface area contributed by atoms with Crippen LogP contribution in [0.3, 0.4) is 0 Å². The van der Waals surface area contributed by atoms with Gasteiger partial charge in [-0.25, -0.2) is 0 Å². The number of furan rings is 1. The van der Waals surface area contributed by atoms with Crippen molar-refractivity contribution in [3.63, 3.8) is 0 Å². The minimum absolute atomic E-state index is 0.878. The van der Waals surface area contributed by atoms with E-state index in [-0.39, 0.29) is 0 Å². The average Bonchev–Trinajstić information content (AvgIpc) is 3.48. The van der Waals surface area contributed by atoms with Crippen LogP contribution in [0.25, 0.3) is 65.4 Å². The van der Waals surface area contributed by atoms with E-state index in [0.717, 1.165) is 39.0 Å². The van der Waals surface area contributed by atoms with E-state index in [2.05, 4.69) is 163 Å². The molecule has 0 saturated carbocycles. The van der Waals surface area contributed by atoms with Crippen LogP contribution in [0, 0.1) is 0 Å². The molecule has 206 valence electrons. The third-order valence-electron chi connectivity index (χ3n) is 8.82. The van der Waals surface area contributed by atoms with Crippen molar-refractivity contribution < 1.29 is 4.42 Å². The molecular weight excluding hydrogens is 534 g/mol. The number of fused-ring (bicyclic) bond motifs is 8. The number of rotatable bonds is 4. The van der Waals surface area contributed by atoms with E-state index >= 15 is 0 Å². The van der Waals surface area contributed by atoms with Gasteiger partial charge < -0.3 is 9.32 Å². The predicted octanol–water partition coefficient (Wildman–Crippen LogP) is 12.2. The number of hydrogen-bond acceptors (Lipinski definition) is 2. The minimum atomic E-state index is 0.878. The topological polar surface area (TPSA) is 16.4 Å². The largest absolute Gasteiger partial charge is 0.454 e. The second-order valence-corrected chi connectivity index (χ2v) is 11.3. The molecule has 0 spiro atoms. The highest BCUT2D eigenvalue weighted by Gasteiger charge is 2.22. The molecule has 0 aliphatic rings. The molecule has 0 unspecified atom stereocenters. The monoisotopic (exact) mass is 561 g/mol. The predicted molar refractivity (Wildman–Crippen MR) is 186 cm³/mol. The standard InChI is InChI=1S/C42H27NO/c1-2-11-28(12-3-1)29-23-25-32(26-24-29)43(38-19-10-18-37-35-16-8-9-20-40(35)44-42(37)38)39-27-31-22-21-30-13-4-5-14-33(30)41(31)36-17-7-6-15-34(36)39/h1-27H. The van der Waals surface area contributed by atoms with Gasteiger partial charge in [-0.3, -0.25) is 0 Å². The van der Waals surface area contributed by atoms with Gasteiger partial charge in [0.25, 0.3) is 0 Å². The summed E-state index contributed by atoms with van der Waals surface area (Å²) in [7, 11) is 0. The highest BCUT2D eigenvalue weighted by molar-refractivity contribution is 6.24. The van der Waals surface area contributed by atoms with Gasteiger partial charge in [0, 0.05) is 21.8 Å². The first-order valence-electron chi connectivity index (χ1n) is 15.0. The molecule has 0 bridgehead atoms. The number of benzene rings is 8. The van der Waals surface area contributed by atoms with Gasteiger partial charge in [-0.05, 0) is 68.4 Å². The first-order chi connectivity index (χ1) is 21.8. The van der Waals surface area contributed by atoms with E-state index in [9.17, 15) is 0 Å². The SMILES string of the molecule is c1ccc(-c2ccc(N(c3cc4ccc5ccccc5c4c4ccccc34)c3cccc4c3oc3ccccc34)cc2)cc1. The third kappa shape index (κ3) is 3.82. The molecule has 2 heteroatoms. The molecule has 9 rings (SSSR count). The van der Waals surface area contributed by atoms with Crippen LogP contribution in [0.15, 0.2) is 168 Å². The van der Waals surface area contributed by atoms with Gasteiger partial charge in [0.1, 0.15) is 5.58 Å². The summed E-state index contributed by atoms with van der Waals surface area (Å²) in [6.07, 6.45) is 0. The summed E-state index contributed by atoms with van der Waals surface area (Å²) in [6.45, 7) is 0. The van der Waals surface area contributed by atoms with Crippen LogP contribution in [0.4, 0.5) is 17.1 Å². The lowest BCUT2D eigenvalue weighted by molar-refractivity contribution is 0.669. The fourth-order valence-electron chi connectivity index (χ4n) is 6.79. The summed E-state index contributed by atoms with van der Waals surface area (Å²) in [4.78, 5) is 2.37. The quantitative estimate of drug-likeness (QED) is 0.199. The van der Waals surface area contributed by atoms with Gasteiger partial charge in [0.15, 0.2) is 5.58 Å². The Morgan fingerprint density at radius 2 is 1.02 bits per heavy atom. The van der Waals surface area contributed by atoms with Crippen LogP contribution in [0.5, 0.6) is 0 Å². The Kier molecular flexibility index (Phi) is 5.54. The molecule has 0 radical (unpaired) electrons. The summed E-state index contributed by atoms with van der Waals surface area (Å²) < 4.78 is 6.62. The smallest absolute Gasteiger partial charge is 0.159 e. The zero-order valence-corrected chi connectivity index (χ0v) is 23.9. The lowest BCUT2D eigenvalue weighted by atomic mass is 9.94. The Bertz CT molecular complexity index is 2490. The highest BCUT2D eigenvalue weighted by Crippen LogP contribution is 2.46. The van der Waals surface area contributed by atoms with Gasteiger partial charge in [0.05, 0.1) is 11.4 Å². The van der Waals surface area contributed by atoms with Crippen molar-refractivity contribution in [1.82, 2.24) is 0 Å². The van der Waals surface area contributed by atoms with Gasteiger partial charge in [-0.15, -0.1) is 0 Å².